The highest BCUT2D eigenvalue weighted by atomic mass is 35.5. The van der Waals surface area contributed by atoms with E-state index in [1.165, 1.54) is 25.3 Å². The minimum Gasteiger partial charge on any atom is -0.497 e. The third-order valence-electron chi connectivity index (χ3n) is 2.64. The van der Waals surface area contributed by atoms with Crippen LogP contribution in [0.2, 0.25) is 5.02 Å². The molecule has 1 aromatic rings. The number of benzene rings is 1. The molecule has 0 bridgehead atoms. The lowest BCUT2D eigenvalue weighted by molar-refractivity contribution is -0.140. The van der Waals surface area contributed by atoms with E-state index < -0.39 is 28.0 Å². The van der Waals surface area contributed by atoms with Crippen LogP contribution >= 0.6 is 11.6 Å². The molecule has 0 unspecified atom stereocenters. The van der Waals surface area contributed by atoms with E-state index in [9.17, 15) is 13.2 Å². The van der Waals surface area contributed by atoms with Crippen LogP contribution in [-0.4, -0.2) is 32.6 Å². The van der Waals surface area contributed by atoms with Gasteiger partial charge < -0.3 is 9.84 Å². The van der Waals surface area contributed by atoms with Gasteiger partial charge in [-0.25, -0.2) is 8.42 Å². The summed E-state index contributed by atoms with van der Waals surface area (Å²) in [6.45, 7) is 3.21. The first-order valence-electron chi connectivity index (χ1n) is 5.77. The van der Waals surface area contributed by atoms with E-state index in [0.717, 1.165) is 0 Å². The second-order valence-corrected chi connectivity index (χ2v) is 6.57. The lowest BCUT2D eigenvalue weighted by atomic mass is 10.1. The molecule has 0 aliphatic rings. The Bertz CT molecular complexity index is 600. The Kier molecular flexibility index (Phi) is 5.38. The molecule has 0 fully saturated rings. The van der Waals surface area contributed by atoms with Gasteiger partial charge in [-0.3, -0.25) is 4.79 Å². The summed E-state index contributed by atoms with van der Waals surface area (Å²) in [5.74, 6) is -1.35. The van der Waals surface area contributed by atoms with E-state index in [0.29, 0.717) is 5.75 Å². The standard InChI is InChI=1S/C12H16ClNO5S/c1-7(2)11(12(15)16)14-20(17,18)10-6-8(19-3)4-5-9(10)13/h4-7,11,14H,1-3H3,(H,15,16)/t11-/m0/s1. The molecule has 1 rings (SSSR count). The van der Waals surface area contributed by atoms with Crippen LogP contribution in [0.1, 0.15) is 13.8 Å². The van der Waals surface area contributed by atoms with Crippen molar-refractivity contribution in [1.82, 2.24) is 4.72 Å². The first-order chi connectivity index (χ1) is 9.19. The van der Waals surface area contributed by atoms with Crippen molar-refractivity contribution in [3.8, 4) is 5.75 Å². The molecule has 0 aliphatic heterocycles. The van der Waals surface area contributed by atoms with Gasteiger partial charge >= 0.3 is 5.97 Å². The number of rotatable bonds is 6. The number of sulfonamides is 1. The summed E-state index contributed by atoms with van der Waals surface area (Å²) in [6, 6.07) is 2.89. The number of halogens is 1. The summed E-state index contributed by atoms with van der Waals surface area (Å²) in [7, 11) is -2.67. The van der Waals surface area contributed by atoms with E-state index >= 15 is 0 Å². The first-order valence-corrected chi connectivity index (χ1v) is 7.64. The van der Waals surface area contributed by atoms with Crippen molar-refractivity contribution in [1.29, 1.82) is 0 Å². The van der Waals surface area contributed by atoms with E-state index in [1.54, 1.807) is 13.8 Å². The van der Waals surface area contributed by atoms with Crippen molar-refractivity contribution in [2.75, 3.05) is 7.11 Å². The molecule has 8 heteroatoms. The Morgan fingerprint density at radius 2 is 2.00 bits per heavy atom. The summed E-state index contributed by atoms with van der Waals surface area (Å²) in [6.07, 6.45) is 0. The second-order valence-electron chi connectivity index (χ2n) is 4.48. The smallest absolute Gasteiger partial charge is 0.322 e. The molecular formula is C12H16ClNO5S. The zero-order chi connectivity index (χ0) is 15.5. The van der Waals surface area contributed by atoms with Crippen LogP contribution in [0.4, 0.5) is 0 Å². The maximum Gasteiger partial charge on any atom is 0.322 e. The lowest BCUT2D eigenvalue weighted by Gasteiger charge is -2.18. The van der Waals surface area contributed by atoms with Crippen LogP contribution in [0.5, 0.6) is 5.75 Å². The van der Waals surface area contributed by atoms with E-state index in [2.05, 4.69) is 4.72 Å². The van der Waals surface area contributed by atoms with Gasteiger partial charge in [-0.05, 0) is 18.1 Å². The van der Waals surface area contributed by atoms with Crippen molar-refractivity contribution < 1.29 is 23.1 Å². The summed E-state index contributed by atoms with van der Waals surface area (Å²) < 4.78 is 31.5. The van der Waals surface area contributed by atoms with Crippen molar-refractivity contribution in [2.24, 2.45) is 5.92 Å². The highest BCUT2D eigenvalue weighted by molar-refractivity contribution is 7.89. The average Bonchev–Trinajstić information content (AvgIpc) is 2.35. The fourth-order valence-corrected chi connectivity index (χ4v) is 3.37. The van der Waals surface area contributed by atoms with Gasteiger partial charge in [0.05, 0.1) is 12.1 Å². The second kappa shape index (κ2) is 6.43. The highest BCUT2D eigenvalue weighted by Gasteiger charge is 2.29. The molecular weight excluding hydrogens is 306 g/mol. The molecule has 0 radical (unpaired) electrons. The van der Waals surface area contributed by atoms with Crippen molar-refractivity contribution >= 4 is 27.6 Å². The van der Waals surface area contributed by atoms with Gasteiger partial charge in [0.2, 0.25) is 10.0 Å². The Morgan fingerprint density at radius 1 is 1.40 bits per heavy atom. The minimum atomic E-state index is -4.06. The molecule has 1 aromatic carbocycles. The molecule has 112 valence electrons. The van der Waals surface area contributed by atoms with Gasteiger partial charge in [0.1, 0.15) is 16.7 Å². The zero-order valence-corrected chi connectivity index (χ0v) is 12.8. The molecule has 0 amide bonds. The Balaban J connectivity index is 3.20. The van der Waals surface area contributed by atoms with Crippen molar-refractivity contribution in [3.63, 3.8) is 0 Å². The average molecular weight is 322 g/mol. The summed E-state index contributed by atoms with van der Waals surface area (Å²) in [4.78, 5) is 10.9. The van der Waals surface area contributed by atoms with Gasteiger partial charge in [0, 0.05) is 6.07 Å². The van der Waals surface area contributed by atoms with Crippen LogP contribution in [0, 0.1) is 5.92 Å². The van der Waals surface area contributed by atoms with Gasteiger partial charge in [-0.15, -0.1) is 0 Å². The Hall–Kier alpha value is -1.31. The number of carboxylic acid groups (broad SMARTS) is 1. The molecule has 0 saturated carbocycles. The van der Waals surface area contributed by atoms with Crippen LogP contribution in [-0.2, 0) is 14.8 Å². The molecule has 0 heterocycles. The molecule has 0 saturated heterocycles. The fourth-order valence-electron chi connectivity index (χ4n) is 1.52. The minimum absolute atomic E-state index is 0.00815. The summed E-state index contributed by atoms with van der Waals surface area (Å²) in [5.41, 5.74) is 0. The SMILES string of the molecule is COc1ccc(Cl)c(S(=O)(=O)N[C@H](C(=O)O)C(C)C)c1. The third-order valence-corrected chi connectivity index (χ3v) is 4.57. The number of ether oxygens (including phenoxy) is 1. The largest absolute Gasteiger partial charge is 0.497 e. The maximum atomic E-state index is 12.2. The molecule has 0 aromatic heterocycles. The molecule has 0 aliphatic carbocycles. The van der Waals surface area contributed by atoms with Crippen LogP contribution in [0.25, 0.3) is 0 Å². The Morgan fingerprint density at radius 3 is 2.45 bits per heavy atom. The summed E-state index contributed by atoms with van der Waals surface area (Å²) in [5, 5.41) is 9.03. The number of methoxy groups -OCH3 is 1. The van der Waals surface area contributed by atoms with Crippen LogP contribution in [0.3, 0.4) is 0 Å². The lowest BCUT2D eigenvalue weighted by Crippen LogP contribution is -2.44. The van der Waals surface area contributed by atoms with E-state index in [-0.39, 0.29) is 9.92 Å². The fraction of sp³-hybridized carbons (Fsp3) is 0.417. The van der Waals surface area contributed by atoms with Gasteiger partial charge in [0.25, 0.3) is 0 Å². The monoisotopic (exact) mass is 321 g/mol. The zero-order valence-electron chi connectivity index (χ0n) is 11.3. The maximum absolute atomic E-state index is 12.2. The number of carbonyl (C=O) groups is 1. The van der Waals surface area contributed by atoms with E-state index in [1.807, 2.05) is 0 Å². The number of hydrogen-bond donors (Lipinski definition) is 2. The van der Waals surface area contributed by atoms with Crippen molar-refractivity contribution in [3.05, 3.63) is 23.2 Å². The third kappa shape index (κ3) is 3.84. The summed E-state index contributed by atoms with van der Waals surface area (Å²) >= 11 is 5.86. The normalized spacial score (nSPS) is 13.2. The van der Waals surface area contributed by atoms with Crippen LogP contribution < -0.4 is 9.46 Å². The van der Waals surface area contributed by atoms with Gasteiger partial charge in [-0.1, -0.05) is 25.4 Å². The molecule has 1 atom stereocenters. The molecule has 2 N–H and O–H groups in total. The first kappa shape index (κ1) is 16.7. The number of hydrogen-bond acceptors (Lipinski definition) is 4. The quantitative estimate of drug-likeness (QED) is 0.832. The number of nitrogens with one attached hydrogen (secondary N) is 1. The van der Waals surface area contributed by atoms with Crippen LogP contribution in [0.15, 0.2) is 23.1 Å². The number of carboxylic acids is 1. The topological polar surface area (TPSA) is 92.7 Å². The highest BCUT2D eigenvalue weighted by Crippen LogP contribution is 2.26. The van der Waals surface area contributed by atoms with Gasteiger partial charge in [-0.2, -0.15) is 4.72 Å². The van der Waals surface area contributed by atoms with Gasteiger partial charge in [0.15, 0.2) is 0 Å². The van der Waals surface area contributed by atoms with Crippen molar-refractivity contribution in [2.45, 2.75) is 24.8 Å². The Labute approximate surface area is 122 Å². The molecule has 20 heavy (non-hydrogen) atoms. The predicted octanol–water partition coefficient (Wildman–Crippen LogP) is 1.74. The number of aliphatic carboxylic acids is 1. The molecule has 0 spiro atoms. The predicted molar refractivity (Wildman–Crippen MR) is 74.6 cm³/mol. The van der Waals surface area contributed by atoms with E-state index in [4.69, 9.17) is 21.4 Å². The molecule has 6 nitrogen and oxygen atoms in total.